The molecule has 2 aliphatic rings. The lowest BCUT2D eigenvalue weighted by Gasteiger charge is -2.38. The van der Waals surface area contributed by atoms with E-state index in [0.717, 1.165) is 32.1 Å². The van der Waals surface area contributed by atoms with Crippen LogP contribution in [0, 0.1) is 11.8 Å². The summed E-state index contributed by atoms with van der Waals surface area (Å²) in [5.41, 5.74) is -0.719. The van der Waals surface area contributed by atoms with Crippen molar-refractivity contribution in [2.75, 3.05) is 6.54 Å². The van der Waals surface area contributed by atoms with Gasteiger partial charge in [-0.15, -0.1) is 0 Å². The lowest BCUT2D eigenvalue weighted by Crippen LogP contribution is -2.48. The smallest absolute Gasteiger partial charge is 0.389 e. The van der Waals surface area contributed by atoms with Gasteiger partial charge < -0.3 is 10.4 Å². The topological polar surface area (TPSA) is 32.3 Å². The van der Waals surface area contributed by atoms with Gasteiger partial charge in [-0.1, -0.05) is 26.2 Å². The number of aliphatic hydroxyl groups is 1. The van der Waals surface area contributed by atoms with Crippen LogP contribution in [0.1, 0.15) is 58.3 Å². The molecule has 2 fully saturated rings. The van der Waals surface area contributed by atoms with E-state index in [1.54, 1.807) is 0 Å². The minimum Gasteiger partial charge on any atom is -0.389 e. The number of hydrogen-bond acceptors (Lipinski definition) is 2. The van der Waals surface area contributed by atoms with Gasteiger partial charge in [0.15, 0.2) is 0 Å². The molecule has 2 nitrogen and oxygen atoms in total. The molecule has 2 saturated carbocycles. The maximum absolute atomic E-state index is 12.8. The van der Waals surface area contributed by atoms with Gasteiger partial charge in [0.2, 0.25) is 0 Å². The van der Waals surface area contributed by atoms with Crippen molar-refractivity contribution in [2.24, 2.45) is 11.8 Å². The monoisotopic (exact) mass is 293 g/mol. The average molecular weight is 293 g/mol. The van der Waals surface area contributed by atoms with Crippen LogP contribution in [-0.4, -0.2) is 29.5 Å². The van der Waals surface area contributed by atoms with E-state index in [1.165, 1.54) is 0 Å². The number of hydrogen-bond donors (Lipinski definition) is 2. The Morgan fingerprint density at radius 2 is 1.95 bits per heavy atom. The summed E-state index contributed by atoms with van der Waals surface area (Å²) in [5.74, 6) is -0.668. The molecule has 2 N–H and O–H groups in total. The second kappa shape index (κ2) is 6.22. The van der Waals surface area contributed by atoms with Gasteiger partial charge in [-0.25, -0.2) is 0 Å². The van der Waals surface area contributed by atoms with Crippen LogP contribution in [0.4, 0.5) is 13.2 Å². The molecule has 0 heterocycles. The van der Waals surface area contributed by atoms with Crippen molar-refractivity contribution in [3.8, 4) is 0 Å². The van der Waals surface area contributed by atoms with Gasteiger partial charge in [0.05, 0.1) is 11.5 Å². The summed E-state index contributed by atoms with van der Waals surface area (Å²) in [6.45, 7) is 2.57. The first-order valence-corrected chi connectivity index (χ1v) is 7.81. The molecular formula is C15H26F3NO. The van der Waals surface area contributed by atoms with Crippen LogP contribution in [-0.2, 0) is 0 Å². The van der Waals surface area contributed by atoms with Crippen LogP contribution in [0.2, 0.25) is 0 Å². The Balaban J connectivity index is 1.81. The van der Waals surface area contributed by atoms with E-state index in [-0.39, 0.29) is 18.9 Å². The minimum absolute atomic E-state index is 0.100. The number of halogens is 3. The Kier molecular flexibility index (Phi) is 5.00. The van der Waals surface area contributed by atoms with Crippen molar-refractivity contribution >= 4 is 0 Å². The fourth-order valence-electron chi connectivity index (χ4n) is 3.80. The Bertz CT molecular complexity index is 321. The molecule has 0 radical (unpaired) electrons. The first-order valence-electron chi connectivity index (χ1n) is 7.81. The van der Waals surface area contributed by atoms with Crippen LogP contribution in [0.3, 0.4) is 0 Å². The third-order valence-corrected chi connectivity index (χ3v) is 4.92. The molecule has 0 amide bonds. The van der Waals surface area contributed by atoms with Gasteiger partial charge in [0.25, 0.3) is 0 Å². The zero-order valence-corrected chi connectivity index (χ0v) is 12.2. The van der Waals surface area contributed by atoms with Crippen molar-refractivity contribution in [2.45, 2.75) is 76.1 Å². The molecule has 0 aromatic heterocycles. The van der Waals surface area contributed by atoms with E-state index in [4.69, 9.17) is 0 Å². The summed E-state index contributed by atoms with van der Waals surface area (Å²) in [5, 5.41) is 13.7. The molecule has 4 unspecified atom stereocenters. The second-order valence-corrected chi connectivity index (χ2v) is 6.91. The molecule has 0 aliphatic heterocycles. The lowest BCUT2D eigenvalue weighted by atomic mass is 9.78. The van der Waals surface area contributed by atoms with Gasteiger partial charge in [0, 0.05) is 12.6 Å². The Morgan fingerprint density at radius 1 is 1.20 bits per heavy atom. The molecule has 5 heteroatoms. The van der Waals surface area contributed by atoms with Crippen LogP contribution >= 0.6 is 0 Å². The van der Waals surface area contributed by atoms with Crippen LogP contribution in [0.5, 0.6) is 0 Å². The molecule has 118 valence electrons. The number of nitrogens with one attached hydrogen (secondary N) is 1. The molecule has 0 bridgehead atoms. The Hall–Kier alpha value is -0.290. The summed E-state index contributed by atoms with van der Waals surface area (Å²) in [7, 11) is 0. The fourth-order valence-corrected chi connectivity index (χ4v) is 3.80. The predicted molar refractivity (Wildman–Crippen MR) is 72.4 cm³/mol. The fraction of sp³-hybridized carbons (Fsp3) is 1.00. The van der Waals surface area contributed by atoms with Crippen LogP contribution in [0.15, 0.2) is 0 Å². The molecule has 0 aromatic carbocycles. The highest BCUT2D eigenvalue weighted by atomic mass is 19.4. The molecule has 0 aromatic rings. The highest BCUT2D eigenvalue weighted by molar-refractivity contribution is 4.90. The SMILES string of the molecule is CC1CCCC(O)(CNC2CCCC(C(F)(F)F)C2)C1. The van der Waals surface area contributed by atoms with Gasteiger partial charge >= 0.3 is 6.18 Å². The maximum Gasteiger partial charge on any atom is 0.391 e. The largest absolute Gasteiger partial charge is 0.391 e. The van der Waals surface area contributed by atoms with Gasteiger partial charge in [0.1, 0.15) is 0 Å². The quantitative estimate of drug-likeness (QED) is 0.832. The molecule has 2 aliphatic carbocycles. The van der Waals surface area contributed by atoms with Crippen molar-refractivity contribution in [1.82, 2.24) is 5.32 Å². The lowest BCUT2D eigenvalue weighted by molar-refractivity contribution is -0.183. The summed E-state index contributed by atoms with van der Waals surface area (Å²) >= 11 is 0. The standard InChI is InChI=1S/C15H26F3NO/c1-11-4-3-7-14(20,9-11)10-19-13-6-2-5-12(8-13)15(16,17)18/h11-13,19-20H,2-10H2,1H3. The zero-order valence-electron chi connectivity index (χ0n) is 12.2. The Labute approximate surface area is 119 Å². The highest BCUT2D eigenvalue weighted by Gasteiger charge is 2.42. The van der Waals surface area contributed by atoms with E-state index >= 15 is 0 Å². The van der Waals surface area contributed by atoms with E-state index < -0.39 is 17.7 Å². The molecule has 4 atom stereocenters. The van der Waals surface area contributed by atoms with Crippen molar-refractivity contribution in [3.05, 3.63) is 0 Å². The minimum atomic E-state index is -4.07. The average Bonchev–Trinajstić information content (AvgIpc) is 2.36. The van der Waals surface area contributed by atoms with E-state index in [9.17, 15) is 18.3 Å². The van der Waals surface area contributed by atoms with Crippen molar-refractivity contribution < 1.29 is 18.3 Å². The normalized spacial score (nSPS) is 39.8. The zero-order chi connectivity index (χ0) is 14.8. The molecule has 2 rings (SSSR count). The second-order valence-electron chi connectivity index (χ2n) is 6.91. The third kappa shape index (κ3) is 4.35. The number of alkyl halides is 3. The molecule has 0 spiro atoms. The highest BCUT2D eigenvalue weighted by Crippen LogP contribution is 2.38. The molecular weight excluding hydrogens is 267 g/mol. The Morgan fingerprint density at radius 3 is 2.60 bits per heavy atom. The van der Waals surface area contributed by atoms with E-state index in [1.807, 2.05) is 0 Å². The summed E-state index contributed by atoms with van der Waals surface area (Å²) < 4.78 is 38.3. The van der Waals surface area contributed by atoms with E-state index in [0.29, 0.717) is 18.9 Å². The first kappa shape index (κ1) is 16.1. The predicted octanol–water partition coefficient (Wildman–Crippen LogP) is 3.64. The summed E-state index contributed by atoms with van der Waals surface area (Å²) in [4.78, 5) is 0. The van der Waals surface area contributed by atoms with Crippen molar-refractivity contribution in [1.29, 1.82) is 0 Å². The van der Waals surface area contributed by atoms with Gasteiger partial charge in [-0.2, -0.15) is 13.2 Å². The van der Waals surface area contributed by atoms with Crippen LogP contribution < -0.4 is 5.32 Å². The molecule has 0 saturated heterocycles. The van der Waals surface area contributed by atoms with Crippen molar-refractivity contribution in [3.63, 3.8) is 0 Å². The number of rotatable bonds is 3. The first-order chi connectivity index (χ1) is 9.28. The van der Waals surface area contributed by atoms with Crippen LogP contribution in [0.25, 0.3) is 0 Å². The van der Waals surface area contributed by atoms with Gasteiger partial charge in [-0.3, -0.25) is 0 Å². The van der Waals surface area contributed by atoms with Gasteiger partial charge in [-0.05, 0) is 38.0 Å². The third-order valence-electron chi connectivity index (χ3n) is 4.92. The summed E-state index contributed by atoms with van der Waals surface area (Å²) in [6, 6.07) is -0.100. The van der Waals surface area contributed by atoms with E-state index in [2.05, 4.69) is 12.2 Å². The summed E-state index contributed by atoms with van der Waals surface area (Å²) in [6.07, 6.45) is 1.43. The maximum atomic E-state index is 12.8. The molecule has 20 heavy (non-hydrogen) atoms.